The first kappa shape index (κ1) is 17.9. The molecule has 0 unspecified atom stereocenters. The van der Waals surface area contributed by atoms with Crippen LogP contribution in [0.4, 0.5) is 11.8 Å². The summed E-state index contributed by atoms with van der Waals surface area (Å²) in [6.07, 6.45) is 10.2. The molecule has 2 aromatic heterocycles. The van der Waals surface area contributed by atoms with Gasteiger partial charge < -0.3 is 10.2 Å². The van der Waals surface area contributed by atoms with Crippen LogP contribution in [0.5, 0.6) is 0 Å². The molecule has 1 saturated carbocycles. The predicted molar refractivity (Wildman–Crippen MR) is 105 cm³/mol. The van der Waals surface area contributed by atoms with E-state index in [1.807, 2.05) is 25.1 Å². The monoisotopic (exact) mass is 365 g/mol. The third-order valence-corrected chi connectivity index (χ3v) is 5.77. The number of anilines is 2. The Morgan fingerprint density at radius 3 is 2.78 bits per heavy atom. The molecule has 1 N–H and O–H groups in total. The largest absolute Gasteiger partial charge is 0.342 e. The van der Waals surface area contributed by atoms with E-state index in [0.717, 1.165) is 55.8 Å². The summed E-state index contributed by atoms with van der Waals surface area (Å²) in [6, 6.07) is 5.90. The minimum atomic E-state index is 0.249. The highest BCUT2D eigenvalue weighted by Gasteiger charge is 2.31. The number of amides is 1. The Hall–Kier alpha value is -2.50. The van der Waals surface area contributed by atoms with Crippen molar-refractivity contribution < 1.29 is 4.79 Å². The Bertz CT molecular complexity index is 803. The van der Waals surface area contributed by atoms with Gasteiger partial charge in [-0.15, -0.1) is 0 Å². The second-order valence-corrected chi connectivity index (χ2v) is 7.70. The van der Waals surface area contributed by atoms with Crippen LogP contribution in [0.25, 0.3) is 0 Å². The molecule has 0 spiro atoms. The van der Waals surface area contributed by atoms with E-state index >= 15 is 0 Å². The summed E-state index contributed by atoms with van der Waals surface area (Å²) in [5.41, 5.74) is 2.06. The Kier molecular flexibility index (Phi) is 5.32. The highest BCUT2D eigenvalue weighted by Crippen LogP contribution is 2.31. The summed E-state index contributed by atoms with van der Waals surface area (Å²) in [5, 5.41) is 3.22. The number of piperidine rings is 1. The normalized spacial score (nSPS) is 20.6. The smallest absolute Gasteiger partial charge is 0.228 e. The number of aryl methyl sites for hydroxylation is 1. The number of rotatable bonds is 4. The molecule has 27 heavy (non-hydrogen) atoms. The zero-order valence-electron chi connectivity index (χ0n) is 15.9. The lowest BCUT2D eigenvalue weighted by Crippen LogP contribution is -2.42. The molecule has 2 fully saturated rings. The molecule has 1 aliphatic heterocycles. The molecule has 6 heteroatoms. The molecule has 2 aliphatic rings. The Morgan fingerprint density at radius 2 is 1.96 bits per heavy atom. The molecule has 3 heterocycles. The first-order valence-corrected chi connectivity index (χ1v) is 10.0. The van der Waals surface area contributed by atoms with Gasteiger partial charge in [-0.25, -0.2) is 15.0 Å². The maximum atomic E-state index is 12.8. The van der Waals surface area contributed by atoms with Crippen molar-refractivity contribution in [1.82, 2.24) is 19.9 Å². The summed E-state index contributed by atoms with van der Waals surface area (Å²) in [6.45, 7) is 3.66. The van der Waals surface area contributed by atoms with Crippen LogP contribution in [0.3, 0.4) is 0 Å². The number of carbonyl (C=O) groups excluding carboxylic acids is 1. The van der Waals surface area contributed by atoms with Gasteiger partial charge >= 0.3 is 0 Å². The van der Waals surface area contributed by atoms with Crippen molar-refractivity contribution in [2.75, 3.05) is 18.4 Å². The van der Waals surface area contributed by atoms with E-state index in [1.54, 1.807) is 12.4 Å². The minimum Gasteiger partial charge on any atom is -0.342 e. The first-order valence-electron chi connectivity index (χ1n) is 10.0. The Labute approximate surface area is 160 Å². The molecule has 2 aromatic rings. The van der Waals surface area contributed by atoms with Crippen LogP contribution in [-0.2, 0) is 4.79 Å². The number of nitrogens with one attached hydrogen (secondary N) is 1. The van der Waals surface area contributed by atoms with Gasteiger partial charge in [0.2, 0.25) is 11.9 Å². The van der Waals surface area contributed by atoms with Crippen molar-refractivity contribution >= 4 is 17.7 Å². The van der Waals surface area contributed by atoms with Gasteiger partial charge in [-0.2, -0.15) is 0 Å². The Morgan fingerprint density at radius 1 is 1.11 bits per heavy atom. The summed E-state index contributed by atoms with van der Waals surface area (Å²) < 4.78 is 0. The van der Waals surface area contributed by atoms with Gasteiger partial charge in [-0.05, 0) is 50.3 Å². The lowest BCUT2D eigenvalue weighted by Gasteiger charge is -2.34. The van der Waals surface area contributed by atoms with E-state index in [0.29, 0.717) is 11.9 Å². The van der Waals surface area contributed by atoms with E-state index in [4.69, 9.17) is 4.98 Å². The molecule has 4 rings (SSSR count). The minimum absolute atomic E-state index is 0.249. The molecule has 0 radical (unpaired) electrons. The van der Waals surface area contributed by atoms with Gasteiger partial charge in [0, 0.05) is 37.3 Å². The fourth-order valence-corrected chi connectivity index (χ4v) is 4.23. The molecule has 142 valence electrons. The van der Waals surface area contributed by atoms with E-state index in [-0.39, 0.29) is 11.8 Å². The Balaban J connectivity index is 1.46. The van der Waals surface area contributed by atoms with E-state index < -0.39 is 0 Å². The average molecular weight is 365 g/mol. The average Bonchev–Trinajstić information content (AvgIpc) is 3.24. The van der Waals surface area contributed by atoms with Gasteiger partial charge in [0.15, 0.2) is 0 Å². The van der Waals surface area contributed by atoms with Gasteiger partial charge in [0.05, 0.1) is 5.69 Å². The molecule has 1 amide bonds. The van der Waals surface area contributed by atoms with Crippen LogP contribution >= 0.6 is 0 Å². The molecule has 1 atom stereocenters. The summed E-state index contributed by atoms with van der Waals surface area (Å²) in [4.78, 5) is 28.3. The van der Waals surface area contributed by atoms with Crippen LogP contribution in [0, 0.1) is 12.8 Å². The highest BCUT2D eigenvalue weighted by molar-refractivity contribution is 5.79. The van der Waals surface area contributed by atoms with Gasteiger partial charge in [-0.1, -0.05) is 18.9 Å². The van der Waals surface area contributed by atoms with Crippen LogP contribution in [-0.4, -0.2) is 38.8 Å². The fraction of sp³-hybridized carbons (Fsp3) is 0.524. The first-order chi connectivity index (χ1) is 13.2. The zero-order chi connectivity index (χ0) is 18.6. The topological polar surface area (TPSA) is 71.0 Å². The number of carbonyl (C=O) groups is 1. The number of hydrogen-bond acceptors (Lipinski definition) is 5. The second kappa shape index (κ2) is 8.03. The number of likely N-dealkylation sites (tertiary alicyclic amines) is 1. The lowest BCUT2D eigenvalue weighted by atomic mass is 9.93. The van der Waals surface area contributed by atoms with Gasteiger partial charge in [0.25, 0.3) is 0 Å². The van der Waals surface area contributed by atoms with Crippen LogP contribution in [0.15, 0.2) is 30.6 Å². The third-order valence-electron chi connectivity index (χ3n) is 5.77. The molecule has 6 nitrogen and oxygen atoms in total. The molecule has 0 aromatic carbocycles. The van der Waals surface area contributed by atoms with Gasteiger partial charge in [-0.3, -0.25) is 4.79 Å². The highest BCUT2D eigenvalue weighted by atomic mass is 16.2. The second-order valence-electron chi connectivity index (χ2n) is 7.70. The summed E-state index contributed by atoms with van der Waals surface area (Å²) in [5.74, 6) is 2.22. The molecule has 1 saturated heterocycles. The molecular formula is C21H27N5O. The maximum Gasteiger partial charge on any atom is 0.228 e. The van der Waals surface area contributed by atoms with Crippen molar-refractivity contribution in [3.63, 3.8) is 0 Å². The van der Waals surface area contributed by atoms with Crippen LogP contribution in [0.2, 0.25) is 0 Å². The zero-order valence-corrected chi connectivity index (χ0v) is 15.9. The summed E-state index contributed by atoms with van der Waals surface area (Å²) in [7, 11) is 0. The fourth-order valence-electron chi connectivity index (χ4n) is 4.23. The van der Waals surface area contributed by atoms with Crippen LogP contribution in [0.1, 0.15) is 55.7 Å². The number of pyridine rings is 1. The van der Waals surface area contributed by atoms with E-state index in [2.05, 4.69) is 20.2 Å². The summed E-state index contributed by atoms with van der Waals surface area (Å²) >= 11 is 0. The van der Waals surface area contributed by atoms with Crippen molar-refractivity contribution in [2.24, 2.45) is 5.92 Å². The standard InChI is InChI=1S/C21H27N5O/c1-15-6-4-11-22-19(15)25-21-23-12-10-18(24-21)17-9-5-13-26(14-17)20(27)16-7-2-3-8-16/h4,6,10-12,16-17H,2-3,5,7-9,13-14H2,1H3,(H,22,23,24,25)/t17-/m0/s1. The van der Waals surface area contributed by atoms with E-state index in [9.17, 15) is 4.79 Å². The number of nitrogens with zero attached hydrogens (tertiary/aromatic N) is 4. The van der Waals surface area contributed by atoms with Crippen molar-refractivity contribution in [1.29, 1.82) is 0 Å². The van der Waals surface area contributed by atoms with Crippen molar-refractivity contribution in [2.45, 2.75) is 51.4 Å². The van der Waals surface area contributed by atoms with E-state index in [1.165, 1.54) is 12.8 Å². The lowest BCUT2D eigenvalue weighted by molar-refractivity contribution is -0.136. The molecule has 1 aliphatic carbocycles. The van der Waals surface area contributed by atoms with Crippen LogP contribution < -0.4 is 5.32 Å². The van der Waals surface area contributed by atoms with Gasteiger partial charge in [0.1, 0.15) is 5.82 Å². The molecular weight excluding hydrogens is 338 g/mol. The van der Waals surface area contributed by atoms with Crippen molar-refractivity contribution in [3.8, 4) is 0 Å². The molecule has 0 bridgehead atoms. The quantitative estimate of drug-likeness (QED) is 0.892. The third kappa shape index (κ3) is 4.10. The van der Waals surface area contributed by atoms with Crippen molar-refractivity contribution in [3.05, 3.63) is 41.9 Å². The number of aromatic nitrogens is 3. The SMILES string of the molecule is Cc1cccnc1Nc1nccc([C@H]2CCCN(C(=O)C3CCCC3)C2)n1. The number of hydrogen-bond donors (Lipinski definition) is 1. The maximum absolute atomic E-state index is 12.8. The predicted octanol–water partition coefficient (Wildman–Crippen LogP) is 3.82.